The minimum atomic E-state index is -0.169. The van der Waals surface area contributed by atoms with E-state index in [9.17, 15) is 9.90 Å². The number of carbonyl (C=O) groups is 1. The zero-order valence-electron chi connectivity index (χ0n) is 22.5. The van der Waals surface area contributed by atoms with Crippen LogP contribution in [0.2, 0.25) is 0 Å². The highest BCUT2D eigenvalue weighted by Gasteiger charge is 2.34. The second-order valence-electron chi connectivity index (χ2n) is 9.26. The second kappa shape index (κ2) is 13.3. The van der Waals surface area contributed by atoms with Crippen LogP contribution in [0, 0.1) is 5.92 Å². The van der Waals surface area contributed by atoms with Crippen LogP contribution in [0.4, 0.5) is 11.4 Å². The first-order valence-electron chi connectivity index (χ1n) is 13.3. The van der Waals surface area contributed by atoms with Crippen LogP contribution in [0.25, 0.3) is 0 Å². The fourth-order valence-electron chi connectivity index (χ4n) is 5.02. The molecule has 7 nitrogen and oxygen atoms in total. The van der Waals surface area contributed by atoms with Gasteiger partial charge in [0.1, 0.15) is 18.8 Å². The molecule has 1 fully saturated rings. The highest BCUT2D eigenvalue weighted by atomic mass is 16.5. The average Bonchev–Trinajstić information content (AvgIpc) is 2.91. The van der Waals surface area contributed by atoms with E-state index >= 15 is 0 Å². The van der Waals surface area contributed by atoms with Gasteiger partial charge in [-0.05, 0) is 44.4 Å². The molecule has 0 radical (unpaired) electrons. The first-order valence-corrected chi connectivity index (χ1v) is 13.3. The summed E-state index contributed by atoms with van der Waals surface area (Å²) in [6, 6.07) is 16.0. The van der Waals surface area contributed by atoms with Crippen LogP contribution >= 0.6 is 0 Å². The third-order valence-corrected chi connectivity index (χ3v) is 7.27. The van der Waals surface area contributed by atoms with Crippen LogP contribution in [0.5, 0.6) is 5.75 Å². The van der Waals surface area contributed by atoms with Gasteiger partial charge < -0.3 is 20.1 Å². The molecule has 36 heavy (non-hydrogen) atoms. The standard InChI is InChI=1S/C29H42N4O3/c1-6-22(7-2)28(34)30-24-15-16-25(26(21-24)36-5)32-17-19-33(20-18-32)27(23-13-11-10-12-14-23)29(35)31(8-3)9-4/h10-16,21-22,27H,6-9,17-20H2,1-5H3,(H,30,34)/p+1. The molecular weight excluding hydrogens is 452 g/mol. The maximum absolute atomic E-state index is 12.5. The fourth-order valence-corrected chi connectivity index (χ4v) is 5.02. The molecule has 2 N–H and O–H groups in total. The number of ether oxygens (including phenoxy) is 1. The molecular formula is C29H43N4O3+. The van der Waals surface area contributed by atoms with E-state index in [-0.39, 0.29) is 17.9 Å². The molecule has 1 amide bonds. The van der Waals surface area contributed by atoms with Crippen molar-refractivity contribution >= 4 is 23.2 Å². The number of benzene rings is 2. The Morgan fingerprint density at radius 3 is 2.19 bits per heavy atom. The highest BCUT2D eigenvalue weighted by molar-refractivity contribution is 5.93. The van der Waals surface area contributed by atoms with Gasteiger partial charge in [-0.2, -0.15) is 0 Å². The monoisotopic (exact) mass is 495 g/mol. The summed E-state index contributed by atoms with van der Waals surface area (Å²) in [7, 11) is 1.67. The normalized spacial score (nSPS) is 15.0. The van der Waals surface area contributed by atoms with E-state index in [1.807, 2.05) is 54.8 Å². The summed E-state index contributed by atoms with van der Waals surface area (Å²) >= 11 is 0. The zero-order valence-corrected chi connectivity index (χ0v) is 22.5. The smallest absolute Gasteiger partial charge is 0.356 e. The van der Waals surface area contributed by atoms with Crippen molar-refractivity contribution in [3.8, 4) is 5.75 Å². The Morgan fingerprint density at radius 2 is 1.64 bits per heavy atom. The molecule has 0 bridgehead atoms. The van der Waals surface area contributed by atoms with Crippen LogP contribution < -0.4 is 15.0 Å². The van der Waals surface area contributed by atoms with Crippen molar-refractivity contribution in [2.75, 3.05) is 56.6 Å². The molecule has 0 spiro atoms. The van der Waals surface area contributed by atoms with Gasteiger partial charge in [0, 0.05) is 43.9 Å². The number of nitrogens with one attached hydrogen (secondary N) is 1. The number of amides is 1. The number of methoxy groups -OCH3 is 1. The number of rotatable bonds is 11. The van der Waals surface area contributed by atoms with Gasteiger partial charge in [0.25, 0.3) is 0 Å². The summed E-state index contributed by atoms with van der Waals surface area (Å²) in [6.07, 6.45) is 1.65. The lowest BCUT2D eigenvalue weighted by atomic mass is 10.0. The van der Waals surface area contributed by atoms with Crippen LogP contribution in [-0.2, 0) is 4.79 Å². The van der Waals surface area contributed by atoms with Gasteiger partial charge in [-0.15, -0.1) is 0 Å². The molecule has 1 atom stereocenters. The van der Waals surface area contributed by atoms with Gasteiger partial charge in [-0.3, -0.25) is 9.69 Å². The Hall–Kier alpha value is -3.06. The van der Waals surface area contributed by atoms with E-state index in [0.717, 1.165) is 74.8 Å². The lowest BCUT2D eigenvalue weighted by Gasteiger charge is -2.39. The number of aliphatic hydroxyl groups is 1. The van der Waals surface area contributed by atoms with E-state index < -0.39 is 0 Å². The van der Waals surface area contributed by atoms with Gasteiger partial charge in [0.15, 0.2) is 6.04 Å². The maximum Gasteiger partial charge on any atom is 0.356 e. The minimum Gasteiger partial charge on any atom is -0.495 e. The average molecular weight is 496 g/mol. The van der Waals surface area contributed by atoms with Crippen molar-refractivity contribution in [1.82, 2.24) is 4.90 Å². The lowest BCUT2D eigenvalue weighted by Crippen LogP contribution is -2.50. The topological polar surface area (TPSA) is 68.0 Å². The van der Waals surface area contributed by atoms with Crippen LogP contribution in [0.3, 0.4) is 0 Å². The van der Waals surface area contributed by atoms with E-state index in [1.54, 1.807) is 7.11 Å². The van der Waals surface area contributed by atoms with Gasteiger partial charge >= 0.3 is 5.90 Å². The number of anilines is 2. The van der Waals surface area contributed by atoms with E-state index in [0.29, 0.717) is 5.90 Å². The first-order chi connectivity index (χ1) is 17.5. The van der Waals surface area contributed by atoms with Crippen molar-refractivity contribution in [3.05, 3.63) is 54.1 Å². The van der Waals surface area contributed by atoms with E-state index in [4.69, 9.17) is 4.74 Å². The first kappa shape index (κ1) is 27.5. The van der Waals surface area contributed by atoms with Crippen molar-refractivity contribution < 1.29 is 19.2 Å². The molecule has 2 aromatic rings. The summed E-state index contributed by atoms with van der Waals surface area (Å²) in [5.74, 6) is 1.24. The highest BCUT2D eigenvalue weighted by Crippen LogP contribution is 2.33. The lowest BCUT2D eigenvalue weighted by molar-refractivity contribution is -0.531. The summed E-state index contributed by atoms with van der Waals surface area (Å²) in [5, 5.41) is 14.3. The molecule has 1 aliphatic heterocycles. The Morgan fingerprint density at radius 1 is 1.00 bits per heavy atom. The van der Waals surface area contributed by atoms with Crippen LogP contribution in [0.1, 0.15) is 52.1 Å². The number of nitrogens with zero attached hydrogens (tertiary/aromatic N) is 3. The van der Waals surface area contributed by atoms with Crippen molar-refractivity contribution in [3.63, 3.8) is 0 Å². The molecule has 3 rings (SSSR count). The number of hydrogen-bond acceptors (Lipinski definition) is 4. The summed E-state index contributed by atoms with van der Waals surface area (Å²) in [4.78, 5) is 17.2. The minimum absolute atomic E-state index is 0.0193. The van der Waals surface area contributed by atoms with Gasteiger partial charge in [0.05, 0.1) is 12.8 Å². The molecule has 0 aromatic heterocycles. The number of carbonyl (C=O) groups excluding carboxylic acids is 1. The van der Waals surface area contributed by atoms with Gasteiger partial charge in [0.2, 0.25) is 5.91 Å². The van der Waals surface area contributed by atoms with Crippen LogP contribution in [0.15, 0.2) is 48.5 Å². The van der Waals surface area contributed by atoms with Crippen LogP contribution in [-0.4, -0.2) is 72.8 Å². The SMILES string of the molecule is CCC(CC)C(=O)Nc1ccc(N2CCN(C(C(O)=[N+](CC)CC)c3ccccc3)CC2)c(OC)c1. The van der Waals surface area contributed by atoms with Gasteiger partial charge in [-0.1, -0.05) is 44.2 Å². The quantitative estimate of drug-likeness (QED) is 0.263. The van der Waals surface area contributed by atoms with Crippen molar-refractivity contribution in [2.24, 2.45) is 5.92 Å². The number of hydrogen-bond donors (Lipinski definition) is 2. The third kappa shape index (κ3) is 6.38. The van der Waals surface area contributed by atoms with E-state index in [2.05, 4.69) is 41.1 Å². The van der Waals surface area contributed by atoms with Crippen molar-refractivity contribution in [2.45, 2.75) is 46.6 Å². The van der Waals surface area contributed by atoms with Crippen molar-refractivity contribution in [1.29, 1.82) is 0 Å². The van der Waals surface area contributed by atoms with Gasteiger partial charge in [-0.25, -0.2) is 4.58 Å². The Bertz CT molecular complexity index is 1010. The maximum atomic E-state index is 12.5. The predicted molar refractivity (Wildman–Crippen MR) is 148 cm³/mol. The zero-order chi connectivity index (χ0) is 26.1. The number of piperazine rings is 1. The second-order valence-corrected chi connectivity index (χ2v) is 9.26. The summed E-state index contributed by atoms with van der Waals surface area (Å²) in [5.41, 5.74) is 2.88. The number of aliphatic hydroxyl groups excluding tert-OH is 1. The summed E-state index contributed by atoms with van der Waals surface area (Å²) < 4.78 is 7.75. The predicted octanol–water partition coefficient (Wildman–Crippen LogP) is 4.94. The molecule has 2 aromatic carbocycles. The molecule has 0 saturated carbocycles. The molecule has 0 aliphatic carbocycles. The Labute approximate surface area is 216 Å². The Balaban J connectivity index is 1.77. The molecule has 1 saturated heterocycles. The fraction of sp³-hybridized carbons (Fsp3) is 0.517. The molecule has 1 unspecified atom stereocenters. The largest absolute Gasteiger partial charge is 0.495 e. The molecule has 1 heterocycles. The van der Waals surface area contributed by atoms with E-state index in [1.165, 1.54) is 0 Å². The molecule has 1 aliphatic rings. The molecule has 196 valence electrons. The third-order valence-electron chi connectivity index (χ3n) is 7.27. The summed E-state index contributed by atoms with van der Waals surface area (Å²) in [6.45, 7) is 13.0. The molecule has 7 heteroatoms. The Kier molecular flexibility index (Phi) is 10.2.